The summed E-state index contributed by atoms with van der Waals surface area (Å²) in [4.78, 5) is 11.7. The van der Waals surface area contributed by atoms with Crippen molar-refractivity contribution in [2.24, 2.45) is 0 Å². The fraction of sp³-hybridized carbons (Fsp3) is 0.250. The Balaban J connectivity index is 0.00000242. The van der Waals surface area contributed by atoms with Gasteiger partial charge in [0.25, 0.3) is 0 Å². The molecule has 2 aromatic rings. The number of rotatable bonds is 7. The zero-order valence-corrected chi connectivity index (χ0v) is 16.7. The first kappa shape index (κ1) is 20.0. The maximum atomic E-state index is 11.7. The second-order valence-corrected chi connectivity index (χ2v) is 8.92. The van der Waals surface area contributed by atoms with Gasteiger partial charge in [-0.2, -0.15) is 0 Å². The molecule has 0 radical (unpaired) electrons. The van der Waals surface area contributed by atoms with E-state index in [1.165, 1.54) is 0 Å². The van der Waals surface area contributed by atoms with Gasteiger partial charge in [-0.15, -0.1) is 0 Å². The zero-order valence-electron chi connectivity index (χ0n) is 13.0. The van der Waals surface area contributed by atoms with Crippen LogP contribution >= 0.6 is 18.1 Å². The first-order valence-electron chi connectivity index (χ1n) is 6.96. The van der Waals surface area contributed by atoms with Crippen molar-refractivity contribution in [2.75, 3.05) is 5.75 Å². The van der Waals surface area contributed by atoms with Crippen molar-refractivity contribution in [3.05, 3.63) is 60.2 Å². The summed E-state index contributed by atoms with van der Waals surface area (Å²) >= 11 is 0.987. The van der Waals surface area contributed by atoms with Gasteiger partial charge < -0.3 is 9.46 Å². The van der Waals surface area contributed by atoms with Gasteiger partial charge in [-0.3, -0.25) is 5.09 Å². The second-order valence-electron chi connectivity index (χ2n) is 4.73. The van der Waals surface area contributed by atoms with Crippen molar-refractivity contribution in [1.29, 1.82) is 0 Å². The molecule has 0 aliphatic rings. The van der Waals surface area contributed by atoms with Crippen LogP contribution in [0.3, 0.4) is 0 Å². The Morgan fingerprint density at radius 2 is 1.64 bits per heavy atom. The molecule has 22 heavy (non-hydrogen) atoms. The van der Waals surface area contributed by atoms with Crippen molar-refractivity contribution >= 4 is 18.1 Å². The van der Waals surface area contributed by atoms with Crippen LogP contribution in [-0.4, -0.2) is 5.75 Å². The summed E-state index contributed by atoms with van der Waals surface area (Å²) in [6, 6.07) is 18.1. The molecule has 6 heteroatoms. The monoisotopic (exact) mass is 343 g/mol. The predicted molar refractivity (Wildman–Crippen MR) is 89.1 cm³/mol. The van der Waals surface area contributed by atoms with E-state index in [2.05, 4.69) is 17.2 Å². The molecule has 0 fully saturated rings. The van der Waals surface area contributed by atoms with Crippen molar-refractivity contribution < 1.29 is 39.0 Å². The Bertz CT molecular complexity index is 607. The first-order valence-corrected chi connectivity index (χ1v) is 10.2. The minimum atomic E-state index is -3.53. The number of hydrogen-bond donors (Lipinski definition) is 1. The third kappa shape index (κ3) is 6.59. The third-order valence-electron chi connectivity index (χ3n) is 3.00. The summed E-state index contributed by atoms with van der Waals surface area (Å²) in [5.41, 5.74) is 3.25. The van der Waals surface area contributed by atoms with Gasteiger partial charge in [0.15, 0.2) is 0 Å². The van der Waals surface area contributed by atoms with E-state index in [4.69, 9.17) is 0 Å². The summed E-state index contributed by atoms with van der Waals surface area (Å²) in [5, 5.41) is 2.63. The number of nitrogens with one attached hydrogen (secondary N) is 1. The SMILES string of the molecule is CCCSP(=O)([O-])NCc1ccc(-c2ccccc2)cc1.[Na+]. The van der Waals surface area contributed by atoms with Crippen LogP contribution in [-0.2, 0) is 11.1 Å². The first-order chi connectivity index (χ1) is 10.1. The van der Waals surface area contributed by atoms with Crippen LogP contribution in [0, 0.1) is 0 Å². The molecule has 0 bridgehead atoms. The van der Waals surface area contributed by atoms with E-state index in [0.717, 1.165) is 34.5 Å². The summed E-state index contributed by atoms with van der Waals surface area (Å²) in [6.07, 6.45) is 0.852. The van der Waals surface area contributed by atoms with Crippen molar-refractivity contribution in [2.45, 2.75) is 19.9 Å². The summed E-state index contributed by atoms with van der Waals surface area (Å²) < 4.78 is 11.7. The quantitative estimate of drug-likeness (QED) is 0.603. The molecule has 1 N–H and O–H groups in total. The zero-order chi connectivity index (χ0) is 15.1. The van der Waals surface area contributed by atoms with E-state index in [0.29, 0.717) is 12.3 Å². The van der Waals surface area contributed by atoms with Gasteiger partial charge >= 0.3 is 29.6 Å². The standard InChI is InChI=1S/C16H20NO2PS.Na/c1-2-12-21-20(18,19)17-13-14-8-10-16(11-9-14)15-6-4-3-5-7-15;/h3-11H,2,12-13H2,1H3,(H2,17,18,19);/q;+1/p-1. The molecular weight excluding hydrogens is 324 g/mol. The van der Waals surface area contributed by atoms with Crippen LogP contribution in [0.25, 0.3) is 11.1 Å². The smallest absolute Gasteiger partial charge is 0.780 e. The number of hydrogen-bond acceptors (Lipinski definition) is 3. The van der Waals surface area contributed by atoms with Crippen LogP contribution in [0.4, 0.5) is 0 Å². The molecule has 0 spiro atoms. The molecule has 2 rings (SSSR count). The van der Waals surface area contributed by atoms with E-state index in [1.54, 1.807) is 0 Å². The molecule has 0 saturated heterocycles. The molecule has 0 aliphatic carbocycles. The van der Waals surface area contributed by atoms with Gasteiger partial charge in [0.1, 0.15) is 6.72 Å². The molecule has 0 heterocycles. The number of benzene rings is 2. The van der Waals surface area contributed by atoms with Gasteiger partial charge in [-0.25, -0.2) is 0 Å². The normalized spacial score (nSPS) is 13.2. The van der Waals surface area contributed by atoms with Crippen LogP contribution in [0.2, 0.25) is 0 Å². The largest absolute Gasteiger partial charge is 1.00 e. The Morgan fingerprint density at radius 3 is 2.23 bits per heavy atom. The van der Waals surface area contributed by atoms with Gasteiger partial charge in [0, 0.05) is 12.3 Å². The van der Waals surface area contributed by atoms with Gasteiger partial charge in [-0.05, 0) is 23.1 Å². The molecule has 1 atom stereocenters. The summed E-state index contributed by atoms with van der Waals surface area (Å²) in [6.45, 7) is -1.22. The molecule has 1 unspecified atom stereocenters. The van der Waals surface area contributed by atoms with Crippen LogP contribution in [0.1, 0.15) is 18.9 Å². The van der Waals surface area contributed by atoms with Crippen molar-refractivity contribution in [3.8, 4) is 11.1 Å². The molecule has 3 nitrogen and oxygen atoms in total. The average Bonchev–Trinajstić information content (AvgIpc) is 2.53. The minimum Gasteiger partial charge on any atom is -0.780 e. The van der Waals surface area contributed by atoms with Crippen LogP contribution in [0.5, 0.6) is 0 Å². The Morgan fingerprint density at radius 1 is 1.05 bits per heavy atom. The maximum absolute atomic E-state index is 11.7. The summed E-state index contributed by atoms with van der Waals surface area (Å²) in [5.74, 6) is 0.626. The Labute approximate surface area is 158 Å². The van der Waals surface area contributed by atoms with E-state index in [9.17, 15) is 9.46 Å². The van der Waals surface area contributed by atoms with Crippen molar-refractivity contribution in [1.82, 2.24) is 5.09 Å². The Kier molecular flexibility index (Phi) is 9.03. The van der Waals surface area contributed by atoms with Gasteiger partial charge in [0.05, 0.1) is 0 Å². The molecule has 0 saturated carbocycles. The Hall–Kier alpha value is -0.0600. The molecule has 0 aromatic heterocycles. The van der Waals surface area contributed by atoms with Crippen LogP contribution in [0.15, 0.2) is 54.6 Å². The van der Waals surface area contributed by atoms with Crippen molar-refractivity contribution in [3.63, 3.8) is 0 Å². The van der Waals surface area contributed by atoms with E-state index >= 15 is 0 Å². The second kappa shape index (κ2) is 9.94. The van der Waals surface area contributed by atoms with Gasteiger partial charge in [0.2, 0.25) is 0 Å². The third-order valence-corrected chi connectivity index (χ3v) is 6.43. The van der Waals surface area contributed by atoms with E-state index in [1.807, 2.05) is 49.4 Å². The van der Waals surface area contributed by atoms with Gasteiger partial charge in [-0.1, -0.05) is 72.9 Å². The summed E-state index contributed by atoms with van der Waals surface area (Å²) in [7, 11) is 0. The molecular formula is C16H19NNaO2PS. The molecule has 112 valence electrons. The molecule has 2 aromatic carbocycles. The fourth-order valence-electron chi connectivity index (χ4n) is 1.89. The van der Waals surface area contributed by atoms with E-state index < -0.39 is 6.72 Å². The van der Waals surface area contributed by atoms with E-state index in [-0.39, 0.29) is 29.6 Å². The topological polar surface area (TPSA) is 52.2 Å². The minimum absolute atomic E-state index is 0. The predicted octanol–water partition coefficient (Wildman–Crippen LogP) is 1.06. The molecule has 0 amide bonds. The molecule has 0 aliphatic heterocycles. The average molecular weight is 343 g/mol. The fourth-order valence-corrected chi connectivity index (χ4v) is 4.52. The maximum Gasteiger partial charge on any atom is 1.00 e. The van der Waals surface area contributed by atoms with Crippen LogP contribution < -0.4 is 39.5 Å².